The van der Waals surface area contributed by atoms with E-state index in [1.807, 2.05) is 6.92 Å². The number of nitrogens with zero attached hydrogens (tertiary/aromatic N) is 1. The van der Waals surface area contributed by atoms with Crippen LogP contribution in [0.5, 0.6) is 0 Å². The second kappa shape index (κ2) is 5.86. The third-order valence-electron chi connectivity index (χ3n) is 2.03. The topological polar surface area (TPSA) is 29.5 Å². The van der Waals surface area contributed by atoms with Crippen LogP contribution in [0.2, 0.25) is 0 Å². The Kier molecular flexibility index (Phi) is 5.55. The van der Waals surface area contributed by atoms with Crippen molar-refractivity contribution < 1.29 is 9.53 Å². The zero-order valence-corrected chi connectivity index (χ0v) is 8.89. The molecule has 3 nitrogen and oxygen atoms in total. The number of hydrogen-bond acceptors (Lipinski definition) is 2. The Balaban J connectivity index is 0.00000144. The second-order valence-electron chi connectivity index (χ2n) is 2.94. The average Bonchev–Trinajstić information content (AvgIpc) is 2.17. The van der Waals surface area contributed by atoms with Gasteiger partial charge in [-0.25, -0.2) is 0 Å². The molecule has 1 aliphatic heterocycles. The molecular weight excluding hydrogens is 190 g/mol. The normalized spacial score (nSPS) is 15.1. The molecule has 1 rings (SSSR count). The van der Waals surface area contributed by atoms with Crippen molar-refractivity contribution in [1.29, 1.82) is 0 Å². The zero-order chi connectivity index (χ0) is 8.97. The van der Waals surface area contributed by atoms with Gasteiger partial charge < -0.3 is 9.64 Å². The molecule has 0 radical (unpaired) electrons. The van der Waals surface area contributed by atoms with Crippen LogP contribution in [0.3, 0.4) is 0 Å². The Morgan fingerprint density at radius 1 is 1.69 bits per heavy atom. The molecule has 1 amide bonds. The number of carbonyl (C=O) groups is 1. The molecule has 0 atom stereocenters. The van der Waals surface area contributed by atoms with Gasteiger partial charge in [0.15, 0.2) is 0 Å². The van der Waals surface area contributed by atoms with Crippen LogP contribution in [0.15, 0.2) is 11.8 Å². The fourth-order valence-corrected chi connectivity index (χ4v) is 1.11. The van der Waals surface area contributed by atoms with Crippen LogP contribution in [0, 0.1) is 0 Å². The predicted molar refractivity (Wildman–Crippen MR) is 53.8 cm³/mol. The molecule has 0 saturated carbocycles. The van der Waals surface area contributed by atoms with Crippen molar-refractivity contribution in [2.45, 2.75) is 19.8 Å². The van der Waals surface area contributed by atoms with Crippen LogP contribution in [-0.4, -0.2) is 31.0 Å². The molecule has 0 unspecified atom stereocenters. The summed E-state index contributed by atoms with van der Waals surface area (Å²) < 4.78 is 5.09. The molecule has 76 valence electrons. The number of halogens is 1. The smallest absolute Gasteiger partial charge is 0.252 e. The van der Waals surface area contributed by atoms with Gasteiger partial charge in [-0.15, -0.1) is 12.4 Å². The van der Waals surface area contributed by atoms with E-state index in [0.717, 1.165) is 31.6 Å². The van der Waals surface area contributed by atoms with Crippen LogP contribution in [-0.2, 0) is 9.53 Å². The lowest BCUT2D eigenvalue weighted by Gasteiger charge is -2.19. The number of ether oxygens (including phenoxy) is 1. The summed E-state index contributed by atoms with van der Waals surface area (Å²) in [6, 6.07) is 0. The number of likely N-dealkylation sites (N-methyl/N-ethyl adjacent to an activating group) is 1. The second-order valence-corrected chi connectivity index (χ2v) is 2.94. The Hall–Kier alpha value is -0.700. The minimum Gasteiger partial charge on any atom is -0.501 e. The quantitative estimate of drug-likeness (QED) is 0.685. The van der Waals surface area contributed by atoms with Crippen molar-refractivity contribution in [1.82, 2.24) is 4.90 Å². The fraction of sp³-hybridized carbons (Fsp3) is 0.667. The van der Waals surface area contributed by atoms with Gasteiger partial charge in [0.05, 0.1) is 18.4 Å². The molecular formula is C9H16ClNO2. The number of carbonyl (C=O) groups excluding carboxylic acids is 1. The highest BCUT2D eigenvalue weighted by molar-refractivity contribution is 5.93. The van der Waals surface area contributed by atoms with Gasteiger partial charge in [0.1, 0.15) is 0 Å². The Bertz CT molecular complexity index is 204. The number of amides is 1. The standard InChI is InChI=1S/C9H15NO2.ClH/c1-3-10(2)9(11)8-5-4-6-12-7-8;/h7H,3-6H2,1-2H3;1H. The summed E-state index contributed by atoms with van der Waals surface area (Å²) in [6.07, 6.45) is 3.40. The molecule has 4 heteroatoms. The lowest BCUT2D eigenvalue weighted by atomic mass is 10.1. The van der Waals surface area contributed by atoms with Crippen molar-refractivity contribution in [3.63, 3.8) is 0 Å². The molecule has 0 aromatic heterocycles. The lowest BCUT2D eigenvalue weighted by Crippen LogP contribution is -2.28. The van der Waals surface area contributed by atoms with E-state index in [9.17, 15) is 4.79 Å². The van der Waals surface area contributed by atoms with E-state index >= 15 is 0 Å². The van der Waals surface area contributed by atoms with Gasteiger partial charge in [0, 0.05) is 13.6 Å². The van der Waals surface area contributed by atoms with E-state index in [4.69, 9.17) is 4.74 Å². The summed E-state index contributed by atoms with van der Waals surface area (Å²) in [6.45, 7) is 3.45. The van der Waals surface area contributed by atoms with Gasteiger partial charge >= 0.3 is 0 Å². The van der Waals surface area contributed by atoms with Crippen molar-refractivity contribution in [3.05, 3.63) is 11.8 Å². The van der Waals surface area contributed by atoms with E-state index in [1.165, 1.54) is 0 Å². The van der Waals surface area contributed by atoms with Gasteiger partial charge in [0.2, 0.25) is 0 Å². The minimum absolute atomic E-state index is 0. The largest absolute Gasteiger partial charge is 0.501 e. The third-order valence-corrected chi connectivity index (χ3v) is 2.03. The van der Waals surface area contributed by atoms with Gasteiger partial charge in [-0.1, -0.05) is 0 Å². The maximum atomic E-state index is 11.5. The van der Waals surface area contributed by atoms with E-state index in [-0.39, 0.29) is 18.3 Å². The van der Waals surface area contributed by atoms with E-state index < -0.39 is 0 Å². The Morgan fingerprint density at radius 3 is 2.85 bits per heavy atom. The van der Waals surface area contributed by atoms with Crippen molar-refractivity contribution in [2.75, 3.05) is 20.2 Å². The fourth-order valence-electron chi connectivity index (χ4n) is 1.11. The summed E-state index contributed by atoms with van der Waals surface area (Å²) in [4.78, 5) is 13.2. The molecule has 0 fully saturated rings. The summed E-state index contributed by atoms with van der Waals surface area (Å²) in [5.41, 5.74) is 0.797. The first kappa shape index (κ1) is 12.3. The summed E-state index contributed by atoms with van der Waals surface area (Å²) in [5, 5.41) is 0. The number of rotatable bonds is 2. The molecule has 0 aromatic carbocycles. The molecule has 0 spiro atoms. The highest BCUT2D eigenvalue weighted by atomic mass is 35.5. The summed E-state index contributed by atoms with van der Waals surface area (Å²) in [7, 11) is 1.80. The maximum Gasteiger partial charge on any atom is 0.252 e. The van der Waals surface area contributed by atoms with E-state index in [1.54, 1.807) is 18.2 Å². The average molecular weight is 206 g/mol. The monoisotopic (exact) mass is 205 g/mol. The predicted octanol–water partition coefficient (Wildman–Crippen LogP) is 1.58. The first-order chi connectivity index (χ1) is 5.75. The molecule has 13 heavy (non-hydrogen) atoms. The molecule has 0 saturated heterocycles. The molecule has 0 aliphatic carbocycles. The third kappa shape index (κ3) is 3.27. The lowest BCUT2D eigenvalue weighted by molar-refractivity contribution is -0.126. The first-order valence-corrected chi connectivity index (χ1v) is 4.31. The molecule has 1 heterocycles. The molecule has 0 bridgehead atoms. The van der Waals surface area contributed by atoms with Crippen LogP contribution in [0.25, 0.3) is 0 Å². The van der Waals surface area contributed by atoms with E-state index in [2.05, 4.69) is 0 Å². The SMILES string of the molecule is CCN(C)C(=O)C1=COCCC1.Cl. The van der Waals surface area contributed by atoms with Crippen LogP contribution in [0.4, 0.5) is 0 Å². The van der Waals surface area contributed by atoms with Crippen LogP contribution < -0.4 is 0 Å². The highest BCUT2D eigenvalue weighted by Gasteiger charge is 2.15. The zero-order valence-electron chi connectivity index (χ0n) is 8.08. The Morgan fingerprint density at radius 2 is 2.38 bits per heavy atom. The summed E-state index contributed by atoms with van der Waals surface area (Å²) >= 11 is 0. The van der Waals surface area contributed by atoms with Crippen LogP contribution >= 0.6 is 12.4 Å². The highest BCUT2D eigenvalue weighted by Crippen LogP contribution is 2.13. The van der Waals surface area contributed by atoms with Gasteiger partial charge in [-0.3, -0.25) is 4.79 Å². The van der Waals surface area contributed by atoms with Crippen LogP contribution in [0.1, 0.15) is 19.8 Å². The Labute approximate surface area is 85.2 Å². The van der Waals surface area contributed by atoms with Crippen molar-refractivity contribution >= 4 is 18.3 Å². The number of hydrogen-bond donors (Lipinski definition) is 0. The molecule has 1 aliphatic rings. The first-order valence-electron chi connectivity index (χ1n) is 4.31. The van der Waals surface area contributed by atoms with Gasteiger partial charge in [-0.05, 0) is 19.8 Å². The van der Waals surface area contributed by atoms with Crippen molar-refractivity contribution in [3.8, 4) is 0 Å². The van der Waals surface area contributed by atoms with Crippen molar-refractivity contribution in [2.24, 2.45) is 0 Å². The molecule has 0 aromatic rings. The molecule has 0 N–H and O–H groups in total. The van der Waals surface area contributed by atoms with Gasteiger partial charge in [0.25, 0.3) is 5.91 Å². The van der Waals surface area contributed by atoms with Gasteiger partial charge in [-0.2, -0.15) is 0 Å². The van der Waals surface area contributed by atoms with E-state index in [0.29, 0.717) is 0 Å². The maximum absolute atomic E-state index is 11.5. The minimum atomic E-state index is 0. The summed E-state index contributed by atoms with van der Waals surface area (Å²) in [5.74, 6) is 0.0946.